The van der Waals surface area contributed by atoms with E-state index in [0.717, 1.165) is 31.4 Å². The smallest absolute Gasteiger partial charge is 0.306 e. The van der Waals surface area contributed by atoms with Crippen LogP contribution < -0.4 is 16.8 Å². The molecule has 3 rings (SSSR count). The van der Waals surface area contributed by atoms with E-state index in [4.69, 9.17) is 16.2 Å². The lowest BCUT2D eigenvalue weighted by molar-refractivity contribution is -0.144. The van der Waals surface area contributed by atoms with Gasteiger partial charge in [0.25, 0.3) is 5.91 Å². The van der Waals surface area contributed by atoms with Crippen LogP contribution in [0, 0.1) is 5.92 Å². The molecule has 0 aliphatic heterocycles. The van der Waals surface area contributed by atoms with Crippen molar-refractivity contribution in [1.82, 2.24) is 0 Å². The average molecular weight is 409 g/mol. The maximum Gasteiger partial charge on any atom is 0.306 e. The molecule has 2 aromatic carbocycles. The summed E-state index contributed by atoms with van der Waals surface area (Å²) in [5.41, 5.74) is 15.0. The second kappa shape index (κ2) is 9.91. The minimum atomic E-state index is -0.207. The Hall–Kier alpha value is -3.35. The lowest BCUT2D eigenvalue weighted by Crippen LogP contribution is -2.21. The van der Waals surface area contributed by atoms with Crippen molar-refractivity contribution < 1.29 is 14.3 Å². The lowest BCUT2D eigenvalue weighted by atomic mass is 9.82. The number of aryl methyl sites for hydroxylation is 1. The molecule has 30 heavy (non-hydrogen) atoms. The van der Waals surface area contributed by atoms with E-state index in [9.17, 15) is 9.59 Å². The van der Waals surface area contributed by atoms with Crippen molar-refractivity contribution in [1.29, 1.82) is 0 Å². The first-order valence-electron chi connectivity index (χ1n) is 10.2. The van der Waals surface area contributed by atoms with E-state index in [-0.39, 0.29) is 23.8 Å². The van der Waals surface area contributed by atoms with Crippen LogP contribution in [0.3, 0.4) is 0 Å². The van der Waals surface area contributed by atoms with Crippen molar-refractivity contribution in [3.05, 3.63) is 59.2 Å². The number of anilines is 1. The minimum Gasteiger partial charge on any atom is -0.466 e. The highest BCUT2D eigenvalue weighted by Crippen LogP contribution is 2.30. The molecule has 0 aromatic heterocycles. The van der Waals surface area contributed by atoms with Gasteiger partial charge in [0.05, 0.1) is 12.3 Å². The molecule has 0 fully saturated rings. The number of nitrogens with zero attached hydrogens (tertiary/aromatic N) is 1. The summed E-state index contributed by atoms with van der Waals surface area (Å²) in [7, 11) is 0. The van der Waals surface area contributed by atoms with Gasteiger partial charge in [0, 0.05) is 17.7 Å². The lowest BCUT2D eigenvalue weighted by Gasteiger charge is -2.24. The van der Waals surface area contributed by atoms with Crippen molar-refractivity contribution in [3.63, 3.8) is 0 Å². The standard InChI is InChI=1S/C23H28N4O3/c1-2-11-30-21(28)13-15-3-4-16-5-10-20(14-18(16)12-15)26-22(29)17-6-8-19(9-7-17)27-23(24)25/h5-10,14-15H,2-4,11-13H2,1H3,(H,26,29)(H4,24,25,27). The van der Waals surface area contributed by atoms with Crippen LogP contribution in [0.4, 0.5) is 11.4 Å². The maximum absolute atomic E-state index is 12.6. The number of aliphatic imine (C=N–C) groups is 1. The third-order valence-corrected chi connectivity index (χ3v) is 5.10. The molecule has 158 valence electrons. The van der Waals surface area contributed by atoms with Crippen molar-refractivity contribution in [2.24, 2.45) is 22.4 Å². The molecular weight excluding hydrogens is 380 g/mol. The Bertz CT molecular complexity index is 934. The van der Waals surface area contributed by atoms with Crippen LogP contribution in [-0.4, -0.2) is 24.4 Å². The summed E-state index contributed by atoms with van der Waals surface area (Å²) in [6, 6.07) is 12.7. The second-order valence-corrected chi connectivity index (χ2v) is 7.55. The van der Waals surface area contributed by atoms with Crippen LogP contribution in [0.25, 0.3) is 0 Å². The molecule has 2 aromatic rings. The summed E-state index contributed by atoms with van der Waals surface area (Å²) in [6.07, 6.45) is 3.99. The van der Waals surface area contributed by atoms with Crippen molar-refractivity contribution in [2.45, 2.75) is 39.0 Å². The van der Waals surface area contributed by atoms with E-state index in [1.165, 1.54) is 11.1 Å². The van der Waals surface area contributed by atoms with Crippen molar-refractivity contribution in [2.75, 3.05) is 11.9 Å². The Kier molecular flexibility index (Phi) is 7.06. The summed E-state index contributed by atoms with van der Waals surface area (Å²) < 4.78 is 5.22. The van der Waals surface area contributed by atoms with Gasteiger partial charge in [-0.3, -0.25) is 9.59 Å². The van der Waals surface area contributed by atoms with E-state index < -0.39 is 0 Å². The van der Waals surface area contributed by atoms with E-state index in [1.807, 2.05) is 19.1 Å². The summed E-state index contributed by atoms with van der Waals surface area (Å²) in [4.78, 5) is 28.4. The number of benzene rings is 2. The Labute approximate surface area is 176 Å². The summed E-state index contributed by atoms with van der Waals surface area (Å²) >= 11 is 0. The summed E-state index contributed by atoms with van der Waals surface area (Å²) in [5.74, 6) is -0.0882. The highest BCUT2D eigenvalue weighted by molar-refractivity contribution is 6.04. The molecule has 1 atom stereocenters. The number of fused-ring (bicyclic) bond motifs is 1. The van der Waals surface area contributed by atoms with E-state index in [2.05, 4.69) is 16.4 Å². The number of esters is 1. The van der Waals surface area contributed by atoms with E-state index in [1.54, 1.807) is 24.3 Å². The second-order valence-electron chi connectivity index (χ2n) is 7.55. The number of hydrogen-bond acceptors (Lipinski definition) is 4. The zero-order valence-corrected chi connectivity index (χ0v) is 17.2. The molecule has 1 aliphatic carbocycles. The summed E-state index contributed by atoms with van der Waals surface area (Å²) in [6.45, 7) is 2.46. The van der Waals surface area contributed by atoms with Gasteiger partial charge in [-0.05, 0) is 79.1 Å². The Morgan fingerprint density at radius 2 is 1.90 bits per heavy atom. The molecule has 0 radical (unpaired) electrons. The van der Waals surface area contributed by atoms with Crippen molar-refractivity contribution in [3.8, 4) is 0 Å². The molecule has 0 saturated heterocycles. The van der Waals surface area contributed by atoms with Crippen LogP contribution >= 0.6 is 0 Å². The first-order chi connectivity index (χ1) is 14.4. The summed E-state index contributed by atoms with van der Waals surface area (Å²) in [5, 5.41) is 2.94. The minimum absolute atomic E-state index is 0.0295. The van der Waals surface area contributed by atoms with Gasteiger partial charge in [0.1, 0.15) is 0 Å². The van der Waals surface area contributed by atoms with Crippen molar-refractivity contribution >= 4 is 29.2 Å². The number of carbonyl (C=O) groups is 2. The zero-order chi connectivity index (χ0) is 21.5. The van der Waals surface area contributed by atoms with E-state index in [0.29, 0.717) is 24.3 Å². The molecule has 1 amide bonds. The van der Waals surface area contributed by atoms with Gasteiger partial charge < -0.3 is 21.5 Å². The molecule has 0 bridgehead atoms. The number of hydrogen-bond donors (Lipinski definition) is 3. The quantitative estimate of drug-likeness (QED) is 0.369. The van der Waals surface area contributed by atoms with Gasteiger partial charge in [-0.2, -0.15) is 0 Å². The van der Waals surface area contributed by atoms with Gasteiger partial charge in [0.2, 0.25) is 0 Å². The molecule has 1 aliphatic rings. The molecule has 0 saturated carbocycles. The third kappa shape index (κ3) is 5.83. The van der Waals surface area contributed by atoms with Gasteiger partial charge in [-0.1, -0.05) is 13.0 Å². The van der Waals surface area contributed by atoms with Crippen LogP contribution in [0.5, 0.6) is 0 Å². The topological polar surface area (TPSA) is 120 Å². The van der Waals surface area contributed by atoms with Gasteiger partial charge in [-0.15, -0.1) is 0 Å². The zero-order valence-electron chi connectivity index (χ0n) is 17.2. The number of guanidine groups is 1. The van der Waals surface area contributed by atoms with Crippen LogP contribution in [0.2, 0.25) is 0 Å². The molecule has 7 heteroatoms. The fourth-order valence-corrected chi connectivity index (χ4v) is 3.63. The van der Waals surface area contributed by atoms with Gasteiger partial charge in [-0.25, -0.2) is 4.99 Å². The maximum atomic E-state index is 12.6. The molecule has 1 unspecified atom stereocenters. The monoisotopic (exact) mass is 408 g/mol. The van der Waals surface area contributed by atoms with Crippen LogP contribution in [0.1, 0.15) is 47.7 Å². The fraction of sp³-hybridized carbons (Fsp3) is 0.348. The number of nitrogens with two attached hydrogens (primary N) is 2. The predicted molar refractivity (Wildman–Crippen MR) is 118 cm³/mol. The van der Waals surface area contributed by atoms with Gasteiger partial charge >= 0.3 is 5.97 Å². The first-order valence-corrected chi connectivity index (χ1v) is 10.2. The molecule has 7 nitrogen and oxygen atoms in total. The Morgan fingerprint density at radius 1 is 1.13 bits per heavy atom. The first kappa shape index (κ1) is 21.4. The normalized spacial score (nSPS) is 15.0. The Morgan fingerprint density at radius 3 is 2.60 bits per heavy atom. The SMILES string of the molecule is CCCOC(=O)CC1CCc2ccc(NC(=O)c3ccc(N=C(N)N)cc3)cc2C1. The molecule has 0 heterocycles. The Balaban J connectivity index is 1.63. The van der Waals surface area contributed by atoms with Crippen LogP contribution in [0.15, 0.2) is 47.5 Å². The largest absolute Gasteiger partial charge is 0.466 e. The number of amides is 1. The van der Waals surface area contributed by atoms with Gasteiger partial charge in [0.15, 0.2) is 5.96 Å². The molecular formula is C23H28N4O3. The molecule has 5 N–H and O–H groups in total. The average Bonchev–Trinajstić information content (AvgIpc) is 2.72. The fourth-order valence-electron chi connectivity index (χ4n) is 3.63. The molecule has 0 spiro atoms. The number of nitrogens with one attached hydrogen (secondary N) is 1. The third-order valence-electron chi connectivity index (χ3n) is 5.10. The highest BCUT2D eigenvalue weighted by atomic mass is 16.5. The van der Waals surface area contributed by atoms with E-state index >= 15 is 0 Å². The number of rotatable bonds is 7. The van der Waals surface area contributed by atoms with Crippen LogP contribution in [-0.2, 0) is 22.4 Å². The number of ether oxygens (including phenoxy) is 1. The highest BCUT2D eigenvalue weighted by Gasteiger charge is 2.22. The number of carbonyl (C=O) groups excluding carboxylic acids is 2. The predicted octanol–water partition coefficient (Wildman–Crippen LogP) is 3.29.